The zero-order valence-corrected chi connectivity index (χ0v) is 15.2. The van der Waals surface area contributed by atoms with Crippen LogP contribution in [0, 0.1) is 0 Å². The number of hydrogen-bond acceptors (Lipinski definition) is 12. The molecule has 4 heterocycles. The molecule has 0 aromatic rings. The zero-order valence-electron chi connectivity index (χ0n) is 13.1. The molecule has 4 fully saturated rings. The topological polar surface area (TPSA) is 198 Å². The van der Waals surface area contributed by atoms with Crippen LogP contribution in [0.3, 0.4) is 0 Å². The molecule has 0 aliphatic carbocycles. The molecule has 4 saturated heterocycles. The van der Waals surface area contributed by atoms with Gasteiger partial charge in [0.05, 0.1) is 0 Å². The summed E-state index contributed by atoms with van der Waals surface area (Å²) in [7, 11) is 0. The molecular weight excluding hydrogens is 441 g/mol. The molecule has 0 radical (unpaired) electrons. The third-order valence-electron chi connectivity index (χ3n) is 4.53. The Kier molecular flexibility index (Phi) is 2.77. The summed E-state index contributed by atoms with van der Waals surface area (Å²) < 4.78 is 30.2. The van der Waals surface area contributed by atoms with Crippen LogP contribution in [-0.2, 0) is 51.3 Å². The van der Waals surface area contributed by atoms with Gasteiger partial charge in [0.2, 0.25) is 0 Å². The fourth-order valence-electron chi connectivity index (χ4n) is 3.81. The number of hydrogen-bond donors (Lipinski definition) is 2. The Morgan fingerprint density at radius 2 is 1.15 bits per heavy atom. The molecule has 4 aliphatic rings. The van der Waals surface area contributed by atoms with Crippen LogP contribution in [0.4, 0.5) is 0 Å². The van der Waals surface area contributed by atoms with Gasteiger partial charge in [0.1, 0.15) is 0 Å². The Bertz CT molecular complexity index is 822. The summed E-state index contributed by atoms with van der Waals surface area (Å²) in [6.07, 6.45) is -4.16. The number of carbonyl (C=O) groups is 6. The average Bonchev–Trinajstić information content (AvgIpc) is 2.66. The van der Waals surface area contributed by atoms with Gasteiger partial charge in [0.15, 0.2) is 0 Å². The van der Waals surface area contributed by atoms with Crippen molar-refractivity contribution in [2.24, 2.45) is 0 Å². The van der Waals surface area contributed by atoms with Crippen molar-refractivity contribution in [2.75, 3.05) is 0 Å². The molecule has 4 aliphatic heterocycles. The van der Waals surface area contributed by atoms with E-state index in [9.17, 15) is 28.8 Å². The summed E-state index contributed by atoms with van der Waals surface area (Å²) in [5.41, 5.74) is -5.08. The number of carboxylic acids is 2. The fourth-order valence-corrected chi connectivity index (χ4v) is 14.0. The van der Waals surface area contributed by atoms with E-state index in [-0.39, 0.29) is 0 Å². The number of carboxylic acid groups (broad SMARTS) is 2. The van der Waals surface area contributed by atoms with Gasteiger partial charge in [-0.3, -0.25) is 0 Å². The number of carbonyl (C=O) groups excluding carboxylic acids is 4. The Balaban J connectivity index is 1.95. The third-order valence-corrected chi connectivity index (χ3v) is 13.1. The monoisotopic (exact) mass is 452 g/mol. The second-order valence-electron chi connectivity index (χ2n) is 6.66. The van der Waals surface area contributed by atoms with Gasteiger partial charge in [-0.25, -0.2) is 0 Å². The van der Waals surface area contributed by atoms with Crippen molar-refractivity contribution < 1.29 is 61.6 Å². The molecule has 27 heavy (non-hydrogen) atoms. The van der Waals surface area contributed by atoms with E-state index < -0.39 is 85.8 Å². The van der Waals surface area contributed by atoms with Gasteiger partial charge in [-0.05, 0) is 0 Å². The maximum absolute atomic E-state index is 12.5. The van der Waals surface area contributed by atoms with Gasteiger partial charge in [0, 0.05) is 0 Å². The summed E-state index contributed by atoms with van der Waals surface area (Å²) in [6, 6.07) is 0. The molecule has 0 aromatic heterocycles. The van der Waals surface area contributed by atoms with Crippen molar-refractivity contribution in [3.8, 4) is 0 Å². The molecule has 14 nitrogen and oxygen atoms in total. The van der Waals surface area contributed by atoms with Crippen LogP contribution in [0.2, 0.25) is 0 Å². The Morgan fingerprint density at radius 3 is 1.48 bits per heavy atom. The van der Waals surface area contributed by atoms with Gasteiger partial charge in [-0.2, -0.15) is 0 Å². The maximum atomic E-state index is 12.5. The van der Waals surface area contributed by atoms with E-state index in [0.717, 1.165) is 0 Å². The predicted molar refractivity (Wildman–Crippen MR) is 71.5 cm³/mol. The average molecular weight is 451 g/mol. The van der Waals surface area contributed by atoms with Gasteiger partial charge in [-0.1, -0.05) is 0 Å². The minimum absolute atomic E-state index is 0.952. The van der Waals surface area contributed by atoms with Crippen LogP contribution in [0.5, 0.6) is 0 Å². The molecule has 0 amide bonds. The molecule has 0 aromatic carbocycles. The van der Waals surface area contributed by atoms with E-state index >= 15 is 0 Å². The first-order valence-electron chi connectivity index (χ1n) is 7.45. The normalized spacial score (nSPS) is 39.0. The number of fused-ring (bicyclic) bond motifs is 2. The van der Waals surface area contributed by atoms with E-state index in [2.05, 4.69) is 0 Å². The minimum atomic E-state index is -7.96. The summed E-state index contributed by atoms with van der Waals surface area (Å²) in [4.78, 5) is 71.6. The number of rotatable bonds is 4. The van der Waals surface area contributed by atoms with Gasteiger partial charge < -0.3 is 0 Å². The van der Waals surface area contributed by atoms with Crippen LogP contribution < -0.4 is 0 Å². The first-order chi connectivity index (χ1) is 12.3. The van der Waals surface area contributed by atoms with Gasteiger partial charge in [0.25, 0.3) is 0 Å². The van der Waals surface area contributed by atoms with Crippen molar-refractivity contribution in [1.29, 1.82) is 0 Å². The predicted octanol–water partition coefficient (Wildman–Crippen LogP) is -2.21. The molecule has 0 unspecified atom stereocenters. The molecule has 0 saturated carbocycles. The third kappa shape index (κ3) is 1.96. The van der Waals surface area contributed by atoms with Crippen LogP contribution >= 0.6 is 0 Å². The number of aliphatic carboxylic acids is 2. The first-order valence-corrected chi connectivity index (χ1v) is 12.6. The van der Waals surface area contributed by atoms with Crippen molar-refractivity contribution >= 4 is 48.9 Å². The summed E-state index contributed by atoms with van der Waals surface area (Å²) in [6.45, 7) is 0. The Labute approximate surface area is 148 Å². The van der Waals surface area contributed by atoms with E-state index in [0.29, 0.717) is 0 Å². The molecule has 3 bridgehead atoms. The van der Waals surface area contributed by atoms with E-state index in [1.165, 1.54) is 0 Å². The van der Waals surface area contributed by atoms with Crippen LogP contribution in [-0.4, -0.2) is 70.4 Å². The molecule has 15 heteroatoms. The van der Waals surface area contributed by atoms with E-state index in [1.807, 2.05) is 0 Å². The van der Waals surface area contributed by atoms with Crippen molar-refractivity contribution in [3.63, 3.8) is 0 Å². The van der Waals surface area contributed by atoms with Crippen LogP contribution in [0.15, 0.2) is 0 Å². The second-order valence-corrected chi connectivity index (χ2v) is 14.5. The van der Waals surface area contributed by atoms with Gasteiger partial charge in [-0.15, -0.1) is 0 Å². The SMILES string of the molecule is O=C(O)C[C@]12CC(=O)[O][Ge-2]34([O]C(=O)C[C@](CC(=O)O)([O]3)C(=O)[O]4)([O]C1=O)[O]2. The van der Waals surface area contributed by atoms with Gasteiger partial charge >= 0.3 is 147 Å². The summed E-state index contributed by atoms with van der Waals surface area (Å²) >= 11 is -7.96. The molecule has 2 N–H and O–H groups in total. The molecule has 4 rings (SSSR count). The van der Waals surface area contributed by atoms with E-state index in [4.69, 9.17) is 32.8 Å². The molecular formula is C12H10GeO14-2. The standard InChI is InChI=1S/C12H10GeO14/c14-5(15)1-11-3-7(18)22-13(26-11,24-9(11)20)23-8(19)4-12(27-13,2-6(16)17)10(21)25-13/h1-4H2,(H,14,15)(H,16,17)/q-2/t11-,12-/m0/s1. The summed E-state index contributed by atoms with van der Waals surface area (Å²) in [5.74, 6) is -8.95. The summed E-state index contributed by atoms with van der Waals surface area (Å²) in [5, 5.41) is 18.1. The Morgan fingerprint density at radius 1 is 0.778 bits per heavy atom. The van der Waals surface area contributed by atoms with Crippen molar-refractivity contribution in [1.82, 2.24) is 0 Å². The molecule has 1 spiro atoms. The van der Waals surface area contributed by atoms with Crippen molar-refractivity contribution in [3.05, 3.63) is 0 Å². The second kappa shape index (κ2) is 4.23. The zero-order chi connectivity index (χ0) is 19.9. The van der Waals surface area contributed by atoms with Crippen LogP contribution in [0.25, 0.3) is 0 Å². The molecule has 2 atom stereocenters. The first kappa shape index (κ1) is 17.7. The van der Waals surface area contributed by atoms with Crippen LogP contribution in [0.1, 0.15) is 25.7 Å². The quantitative estimate of drug-likeness (QED) is 0.436. The molecule has 148 valence electrons. The fraction of sp³-hybridized carbons (Fsp3) is 0.500. The van der Waals surface area contributed by atoms with E-state index in [1.54, 1.807) is 0 Å². The van der Waals surface area contributed by atoms with Crippen molar-refractivity contribution in [2.45, 2.75) is 36.9 Å². The Hall–Kier alpha value is -2.72.